The maximum atomic E-state index is 9.55. The van der Waals surface area contributed by atoms with E-state index in [1.54, 1.807) is 0 Å². The number of benzene rings is 1. The van der Waals surface area contributed by atoms with Gasteiger partial charge in [-0.2, -0.15) is 0 Å². The van der Waals surface area contributed by atoms with Crippen molar-refractivity contribution >= 4 is 21.4 Å². The fourth-order valence-electron chi connectivity index (χ4n) is 2.46. The first-order valence-corrected chi connectivity index (χ1v) is 7.36. The summed E-state index contributed by atoms with van der Waals surface area (Å²) in [6.45, 7) is 3.22. The topological polar surface area (TPSA) is 32.3 Å². The molecule has 0 bridgehead atoms. The van der Waals surface area contributed by atoms with Crippen LogP contribution in [0.3, 0.4) is 0 Å². The first kappa shape index (κ1) is 12.2. The number of fused-ring (bicyclic) bond motifs is 1. The Morgan fingerprint density at radius 3 is 2.83 bits per heavy atom. The zero-order chi connectivity index (χ0) is 12.6. The zero-order valence-electron chi connectivity index (χ0n) is 10.6. The van der Waals surface area contributed by atoms with Gasteiger partial charge < -0.3 is 10.4 Å². The van der Waals surface area contributed by atoms with Gasteiger partial charge in [-0.1, -0.05) is 18.2 Å². The molecule has 1 aromatic heterocycles. The van der Waals surface area contributed by atoms with Crippen LogP contribution in [0.15, 0.2) is 30.3 Å². The molecule has 1 heterocycles. The molecular formula is C15H19NOS. The van der Waals surface area contributed by atoms with Gasteiger partial charge in [0.05, 0.1) is 6.61 Å². The van der Waals surface area contributed by atoms with E-state index in [1.807, 2.05) is 11.3 Å². The van der Waals surface area contributed by atoms with E-state index < -0.39 is 0 Å². The molecule has 96 valence electrons. The van der Waals surface area contributed by atoms with E-state index in [0.29, 0.717) is 5.92 Å². The molecule has 1 unspecified atom stereocenters. The van der Waals surface area contributed by atoms with Crippen molar-refractivity contribution in [2.24, 2.45) is 5.92 Å². The summed E-state index contributed by atoms with van der Waals surface area (Å²) in [6, 6.07) is 10.7. The number of rotatable bonds is 5. The van der Waals surface area contributed by atoms with Crippen molar-refractivity contribution in [1.29, 1.82) is 0 Å². The third-order valence-electron chi connectivity index (χ3n) is 3.95. The van der Waals surface area contributed by atoms with Gasteiger partial charge >= 0.3 is 0 Å². The molecule has 1 fully saturated rings. The van der Waals surface area contributed by atoms with Gasteiger partial charge in [0.1, 0.15) is 0 Å². The molecule has 0 saturated heterocycles. The highest BCUT2D eigenvalue weighted by molar-refractivity contribution is 7.19. The van der Waals surface area contributed by atoms with Gasteiger partial charge in [-0.15, -0.1) is 11.3 Å². The van der Waals surface area contributed by atoms with E-state index in [2.05, 4.69) is 42.6 Å². The highest BCUT2D eigenvalue weighted by atomic mass is 32.1. The van der Waals surface area contributed by atoms with Crippen molar-refractivity contribution in [3.05, 3.63) is 35.2 Å². The van der Waals surface area contributed by atoms with Gasteiger partial charge in [0.25, 0.3) is 0 Å². The van der Waals surface area contributed by atoms with Gasteiger partial charge in [0, 0.05) is 21.7 Å². The summed E-state index contributed by atoms with van der Waals surface area (Å²) in [4.78, 5) is 1.34. The van der Waals surface area contributed by atoms with Crippen LogP contribution in [0.25, 0.3) is 10.1 Å². The lowest BCUT2D eigenvalue weighted by Crippen LogP contribution is -2.47. The van der Waals surface area contributed by atoms with Gasteiger partial charge in [-0.25, -0.2) is 0 Å². The average molecular weight is 261 g/mol. The molecule has 0 amide bonds. The number of nitrogens with one attached hydrogen (secondary N) is 1. The SMILES string of the molecule is CC(CO)(NCc1cc2ccccc2s1)C1CC1. The van der Waals surface area contributed by atoms with Crippen LogP contribution in [-0.4, -0.2) is 17.3 Å². The number of thiophene rings is 1. The van der Waals surface area contributed by atoms with Crippen molar-refractivity contribution in [2.45, 2.75) is 31.8 Å². The average Bonchev–Trinajstić information content (AvgIpc) is 3.16. The summed E-state index contributed by atoms with van der Waals surface area (Å²) >= 11 is 1.84. The van der Waals surface area contributed by atoms with Gasteiger partial charge in [0.15, 0.2) is 0 Å². The maximum absolute atomic E-state index is 9.55. The van der Waals surface area contributed by atoms with E-state index in [4.69, 9.17) is 0 Å². The normalized spacial score (nSPS) is 19.0. The van der Waals surface area contributed by atoms with Gasteiger partial charge in [0.2, 0.25) is 0 Å². The number of hydrogen-bond acceptors (Lipinski definition) is 3. The molecule has 1 aromatic carbocycles. The van der Waals surface area contributed by atoms with E-state index in [-0.39, 0.29) is 12.1 Å². The molecule has 0 aliphatic heterocycles. The molecule has 0 radical (unpaired) electrons. The molecular weight excluding hydrogens is 242 g/mol. The van der Waals surface area contributed by atoms with Crippen molar-refractivity contribution in [3.63, 3.8) is 0 Å². The second-order valence-corrected chi connectivity index (χ2v) is 6.62. The lowest BCUT2D eigenvalue weighted by molar-refractivity contribution is 0.154. The maximum Gasteiger partial charge on any atom is 0.0613 e. The Balaban J connectivity index is 1.72. The minimum Gasteiger partial charge on any atom is -0.394 e. The highest BCUT2D eigenvalue weighted by Crippen LogP contribution is 2.39. The second kappa shape index (κ2) is 4.65. The minimum absolute atomic E-state index is 0.101. The Kier molecular flexibility index (Phi) is 3.14. The molecule has 1 saturated carbocycles. The molecule has 1 atom stereocenters. The van der Waals surface area contributed by atoms with E-state index >= 15 is 0 Å². The Hall–Kier alpha value is -0.900. The fourth-order valence-corrected chi connectivity index (χ4v) is 3.47. The summed E-state index contributed by atoms with van der Waals surface area (Å²) < 4.78 is 1.34. The molecule has 2 N–H and O–H groups in total. The largest absolute Gasteiger partial charge is 0.394 e. The lowest BCUT2D eigenvalue weighted by atomic mass is 9.97. The molecule has 3 rings (SSSR count). The molecule has 2 nitrogen and oxygen atoms in total. The number of aliphatic hydroxyl groups excluding tert-OH is 1. The fraction of sp³-hybridized carbons (Fsp3) is 0.467. The third-order valence-corrected chi connectivity index (χ3v) is 5.07. The third kappa shape index (κ3) is 2.30. The predicted octanol–water partition coefficient (Wildman–Crippen LogP) is 3.15. The molecule has 3 heteroatoms. The predicted molar refractivity (Wildman–Crippen MR) is 76.9 cm³/mol. The van der Waals surface area contributed by atoms with Crippen LogP contribution in [0, 0.1) is 5.92 Å². The first-order chi connectivity index (χ1) is 8.71. The second-order valence-electron chi connectivity index (χ2n) is 5.45. The van der Waals surface area contributed by atoms with Crippen molar-refractivity contribution in [2.75, 3.05) is 6.61 Å². The number of aliphatic hydroxyl groups is 1. The molecule has 1 aliphatic carbocycles. The Labute approximate surface area is 112 Å². The van der Waals surface area contributed by atoms with Crippen LogP contribution in [0.5, 0.6) is 0 Å². The smallest absolute Gasteiger partial charge is 0.0613 e. The standard InChI is InChI=1S/C15H19NOS/c1-15(10-17,12-6-7-12)16-9-13-8-11-4-2-3-5-14(11)18-13/h2-5,8,12,16-17H,6-7,9-10H2,1H3. The highest BCUT2D eigenvalue weighted by Gasteiger charge is 2.40. The Bertz CT molecular complexity index is 513. The van der Waals surface area contributed by atoms with Crippen LogP contribution in [0.1, 0.15) is 24.6 Å². The van der Waals surface area contributed by atoms with Crippen LogP contribution in [-0.2, 0) is 6.54 Å². The van der Waals surface area contributed by atoms with E-state index in [0.717, 1.165) is 6.54 Å². The van der Waals surface area contributed by atoms with E-state index in [9.17, 15) is 5.11 Å². The lowest BCUT2D eigenvalue weighted by Gasteiger charge is -2.28. The first-order valence-electron chi connectivity index (χ1n) is 6.55. The molecule has 1 aliphatic rings. The summed E-state index contributed by atoms with van der Waals surface area (Å²) in [6.07, 6.45) is 2.49. The summed E-state index contributed by atoms with van der Waals surface area (Å²) in [7, 11) is 0. The summed E-state index contributed by atoms with van der Waals surface area (Å²) in [5.41, 5.74) is -0.101. The van der Waals surface area contributed by atoms with E-state index in [1.165, 1.54) is 27.8 Å². The Morgan fingerprint density at radius 1 is 1.39 bits per heavy atom. The summed E-state index contributed by atoms with van der Waals surface area (Å²) in [5.74, 6) is 0.650. The molecule has 2 aromatic rings. The van der Waals surface area contributed by atoms with Crippen LogP contribution >= 0.6 is 11.3 Å². The van der Waals surface area contributed by atoms with Gasteiger partial charge in [-0.3, -0.25) is 0 Å². The zero-order valence-corrected chi connectivity index (χ0v) is 11.5. The molecule has 0 spiro atoms. The number of hydrogen-bond donors (Lipinski definition) is 2. The van der Waals surface area contributed by atoms with Crippen LogP contribution in [0.2, 0.25) is 0 Å². The molecule has 18 heavy (non-hydrogen) atoms. The summed E-state index contributed by atoms with van der Waals surface area (Å²) in [5, 5.41) is 14.4. The minimum atomic E-state index is -0.101. The van der Waals surface area contributed by atoms with Crippen molar-refractivity contribution < 1.29 is 5.11 Å². The quantitative estimate of drug-likeness (QED) is 0.866. The van der Waals surface area contributed by atoms with Crippen LogP contribution < -0.4 is 5.32 Å². The van der Waals surface area contributed by atoms with Crippen LogP contribution in [0.4, 0.5) is 0 Å². The Morgan fingerprint density at radius 2 is 2.17 bits per heavy atom. The van der Waals surface area contributed by atoms with Crippen molar-refractivity contribution in [1.82, 2.24) is 5.32 Å². The van der Waals surface area contributed by atoms with Gasteiger partial charge in [-0.05, 0) is 43.2 Å². The van der Waals surface area contributed by atoms with Crippen molar-refractivity contribution in [3.8, 4) is 0 Å². The monoisotopic (exact) mass is 261 g/mol.